The minimum absolute atomic E-state index is 0.217. The van der Waals surface area contributed by atoms with E-state index < -0.39 is 0 Å². The van der Waals surface area contributed by atoms with E-state index in [2.05, 4.69) is 15.2 Å². The molecule has 4 rings (SSSR count). The standard InChI is InChI=1S/C19H15FN4/c1-13-21-8-9-24(13)12-15-10-14(11-22-23-15)16-6-7-19(20)18-5-3-2-4-17(16)18/h2-11H,12H2,1H3. The molecule has 0 saturated heterocycles. The van der Waals surface area contributed by atoms with Crippen LogP contribution in [0.15, 0.2) is 61.1 Å². The number of aryl methyl sites for hydroxylation is 1. The molecule has 2 heterocycles. The Kier molecular flexibility index (Phi) is 3.54. The Bertz CT molecular complexity index is 1020. The second-order valence-electron chi connectivity index (χ2n) is 5.68. The fraction of sp³-hybridized carbons (Fsp3) is 0.105. The molecule has 2 aromatic carbocycles. The van der Waals surface area contributed by atoms with Crippen LogP contribution in [-0.2, 0) is 6.54 Å². The Labute approximate surface area is 138 Å². The van der Waals surface area contributed by atoms with Gasteiger partial charge in [0, 0.05) is 23.3 Å². The first-order chi connectivity index (χ1) is 11.7. The maximum Gasteiger partial charge on any atom is 0.131 e. The molecule has 0 N–H and O–H groups in total. The Balaban J connectivity index is 1.79. The number of fused-ring (bicyclic) bond motifs is 1. The third-order valence-corrected chi connectivity index (χ3v) is 4.14. The molecule has 0 atom stereocenters. The highest BCUT2D eigenvalue weighted by atomic mass is 19.1. The van der Waals surface area contributed by atoms with Crippen LogP contribution in [-0.4, -0.2) is 19.7 Å². The number of hydrogen-bond acceptors (Lipinski definition) is 3. The highest BCUT2D eigenvalue weighted by molar-refractivity contribution is 5.96. The van der Waals surface area contributed by atoms with E-state index in [1.807, 2.05) is 42.0 Å². The van der Waals surface area contributed by atoms with Crippen molar-refractivity contribution >= 4 is 10.8 Å². The number of hydrogen-bond donors (Lipinski definition) is 0. The van der Waals surface area contributed by atoms with Crippen molar-refractivity contribution in [2.24, 2.45) is 0 Å². The molecule has 4 aromatic rings. The number of imidazole rings is 1. The van der Waals surface area contributed by atoms with Crippen LogP contribution in [0.4, 0.5) is 4.39 Å². The smallest absolute Gasteiger partial charge is 0.131 e. The fourth-order valence-corrected chi connectivity index (χ4v) is 2.89. The van der Waals surface area contributed by atoms with E-state index in [4.69, 9.17) is 0 Å². The van der Waals surface area contributed by atoms with E-state index in [-0.39, 0.29) is 5.82 Å². The molecular formula is C19H15FN4. The van der Waals surface area contributed by atoms with Gasteiger partial charge < -0.3 is 4.57 Å². The first kappa shape index (κ1) is 14.5. The minimum atomic E-state index is -0.217. The Morgan fingerprint density at radius 3 is 2.71 bits per heavy atom. The van der Waals surface area contributed by atoms with Crippen LogP contribution in [0.2, 0.25) is 0 Å². The van der Waals surface area contributed by atoms with E-state index in [1.54, 1.807) is 24.5 Å². The van der Waals surface area contributed by atoms with Gasteiger partial charge in [-0.15, -0.1) is 0 Å². The Morgan fingerprint density at radius 2 is 1.92 bits per heavy atom. The van der Waals surface area contributed by atoms with Crippen molar-refractivity contribution in [3.8, 4) is 11.1 Å². The van der Waals surface area contributed by atoms with Gasteiger partial charge in [-0.2, -0.15) is 10.2 Å². The first-order valence-corrected chi connectivity index (χ1v) is 7.69. The maximum absolute atomic E-state index is 14.0. The van der Waals surface area contributed by atoms with Gasteiger partial charge in [-0.05, 0) is 30.0 Å². The average Bonchev–Trinajstić information content (AvgIpc) is 3.01. The Hall–Kier alpha value is -3.08. The first-order valence-electron chi connectivity index (χ1n) is 7.69. The lowest BCUT2D eigenvalue weighted by Crippen LogP contribution is -2.04. The normalized spacial score (nSPS) is 11.1. The monoisotopic (exact) mass is 318 g/mol. The molecule has 0 fully saturated rings. The minimum Gasteiger partial charge on any atom is -0.329 e. The van der Waals surface area contributed by atoms with Crippen molar-refractivity contribution in [2.75, 3.05) is 0 Å². The third kappa shape index (κ3) is 2.54. The average molecular weight is 318 g/mol. The van der Waals surface area contributed by atoms with Crippen LogP contribution < -0.4 is 0 Å². The predicted molar refractivity (Wildman–Crippen MR) is 91.0 cm³/mol. The lowest BCUT2D eigenvalue weighted by Gasteiger charge is -2.09. The summed E-state index contributed by atoms with van der Waals surface area (Å²) in [7, 11) is 0. The second-order valence-corrected chi connectivity index (χ2v) is 5.68. The van der Waals surface area contributed by atoms with Gasteiger partial charge in [0.1, 0.15) is 11.6 Å². The highest BCUT2D eigenvalue weighted by Crippen LogP contribution is 2.30. The molecule has 0 radical (unpaired) electrons. The van der Waals surface area contributed by atoms with E-state index in [0.29, 0.717) is 11.9 Å². The highest BCUT2D eigenvalue weighted by Gasteiger charge is 2.09. The second kappa shape index (κ2) is 5.85. The van der Waals surface area contributed by atoms with Crippen LogP contribution in [0.3, 0.4) is 0 Å². The summed E-state index contributed by atoms with van der Waals surface area (Å²) in [6.45, 7) is 2.55. The van der Waals surface area contributed by atoms with Gasteiger partial charge in [-0.1, -0.05) is 30.3 Å². The van der Waals surface area contributed by atoms with Gasteiger partial charge in [0.05, 0.1) is 18.4 Å². The lowest BCUT2D eigenvalue weighted by molar-refractivity contribution is 0.640. The summed E-state index contributed by atoms with van der Waals surface area (Å²) in [5, 5.41) is 9.81. The van der Waals surface area contributed by atoms with Gasteiger partial charge >= 0.3 is 0 Å². The summed E-state index contributed by atoms with van der Waals surface area (Å²) >= 11 is 0. The van der Waals surface area contributed by atoms with Crippen LogP contribution in [0, 0.1) is 12.7 Å². The number of benzene rings is 2. The topological polar surface area (TPSA) is 43.6 Å². The van der Waals surface area contributed by atoms with E-state index in [9.17, 15) is 4.39 Å². The number of rotatable bonds is 3. The third-order valence-electron chi connectivity index (χ3n) is 4.14. The van der Waals surface area contributed by atoms with Crippen molar-refractivity contribution in [3.05, 3.63) is 78.4 Å². The molecule has 4 nitrogen and oxygen atoms in total. The fourth-order valence-electron chi connectivity index (χ4n) is 2.89. The summed E-state index contributed by atoms with van der Waals surface area (Å²) in [4.78, 5) is 4.22. The molecule has 5 heteroatoms. The molecule has 0 amide bonds. The Morgan fingerprint density at radius 1 is 1.08 bits per heavy atom. The number of halogens is 1. The maximum atomic E-state index is 14.0. The molecular weight excluding hydrogens is 303 g/mol. The molecule has 0 aliphatic rings. The van der Waals surface area contributed by atoms with Crippen molar-refractivity contribution in [3.63, 3.8) is 0 Å². The molecule has 0 unspecified atom stereocenters. The van der Waals surface area contributed by atoms with Gasteiger partial charge in [0.25, 0.3) is 0 Å². The summed E-state index contributed by atoms with van der Waals surface area (Å²) < 4.78 is 16.0. The summed E-state index contributed by atoms with van der Waals surface area (Å²) in [5.74, 6) is 0.708. The van der Waals surface area contributed by atoms with Gasteiger partial charge in [-0.3, -0.25) is 0 Å². The summed E-state index contributed by atoms with van der Waals surface area (Å²) in [6, 6.07) is 12.8. The SMILES string of the molecule is Cc1nccn1Cc1cc(-c2ccc(F)c3ccccc23)cnn1. The predicted octanol–water partition coefficient (Wildman–Crippen LogP) is 3.99. The van der Waals surface area contributed by atoms with Crippen LogP contribution >= 0.6 is 0 Å². The zero-order chi connectivity index (χ0) is 16.5. The molecule has 0 bridgehead atoms. The zero-order valence-electron chi connectivity index (χ0n) is 13.1. The molecule has 118 valence electrons. The molecule has 0 spiro atoms. The molecule has 0 aliphatic carbocycles. The summed E-state index contributed by atoms with van der Waals surface area (Å²) in [6.07, 6.45) is 5.39. The molecule has 2 aromatic heterocycles. The van der Waals surface area contributed by atoms with Gasteiger partial charge in [-0.25, -0.2) is 9.37 Å². The van der Waals surface area contributed by atoms with Gasteiger partial charge in [0.15, 0.2) is 0 Å². The number of nitrogens with zero attached hydrogens (tertiary/aromatic N) is 4. The summed E-state index contributed by atoms with van der Waals surface area (Å²) in [5.41, 5.74) is 2.71. The molecule has 24 heavy (non-hydrogen) atoms. The molecule has 0 aliphatic heterocycles. The van der Waals surface area contributed by atoms with Crippen molar-refractivity contribution < 1.29 is 4.39 Å². The van der Waals surface area contributed by atoms with Gasteiger partial charge in [0.2, 0.25) is 0 Å². The van der Waals surface area contributed by atoms with E-state index in [1.165, 1.54) is 6.07 Å². The van der Waals surface area contributed by atoms with Crippen molar-refractivity contribution in [1.82, 2.24) is 19.7 Å². The van der Waals surface area contributed by atoms with E-state index in [0.717, 1.165) is 28.0 Å². The quantitative estimate of drug-likeness (QED) is 0.574. The van der Waals surface area contributed by atoms with E-state index >= 15 is 0 Å². The lowest BCUT2D eigenvalue weighted by atomic mass is 9.99. The van der Waals surface area contributed by atoms with Crippen LogP contribution in [0.25, 0.3) is 21.9 Å². The molecule has 0 saturated carbocycles. The van der Waals surface area contributed by atoms with Crippen LogP contribution in [0.5, 0.6) is 0 Å². The number of aromatic nitrogens is 4. The van der Waals surface area contributed by atoms with Crippen molar-refractivity contribution in [1.29, 1.82) is 0 Å². The zero-order valence-corrected chi connectivity index (χ0v) is 13.1. The van der Waals surface area contributed by atoms with Crippen LogP contribution in [0.1, 0.15) is 11.5 Å². The largest absolute Gasteiger partial charge is 0.329 e. The van der Waals surface area contributed by atoms with Crippen molar-refractivity contribution in [2.45, 2.75) is 13.5 Å².